The van der Waals surface area contributed by atoms with E-state index < -0.39 is 0 Å². The molecule has 0 unspecified atom stereocenters. The average molecular weight is 165 g/mol. The van der Waals surface area contributed by atoms with E-state index in [-0.39, 0.29) is 0 Å². The molecule has 2 aliphatic carbocycles. The molecule has 0 aromatic heterocycles. The smallest absolute Gasteiger partial charge is 0.0207 e. The molecule has 0 aliphatic heterocycles. The first-order valence-corrected chi connectivity index (χ1v) is 5.74. The van der Waals surface area contributed by atoms with Gasteiger partial charge in [-0.05, 0) is 43.4 Å². The fourth-order valence-electron chi connectivity index (χ4n) is 2.30. The van der Waals surface area contributed by atoms with Crippen LogP contribution in [0.1, 0.15) is 58.3 Å². The molecule has 0 spiro atoms. The summed E-state index contributed by atoms with van der Waals surface area (Å²) in [6.07, 6.45) is 11.9. The minimum atomic E-state index is 1.06. The summed E-state index contributed by atoms with van der Waals surface area (Å²) >= 11 is 0. The van der Waals surface area contributed by atoms with Crippen molar-refractivity contribution < 1.29 is 0 Å². The SMILES string of the molecule is CCC[C](CC1CC1)C1CCC1. The van der Waals surface area contributed by atoms with Crippen molar-refractivity contribution in [2.75, 3.05) is 0 Å². The van der Waals surface area contributed by atoms with E-state index in [0.717, 1.165) is 11.8 Å². The summed E-state index contributed by atoms with van der Waals surface area (Å²) in [4.78, 5) is 0. The van der Waals surface area contributed by atoms with Gasteiger partial charge in [0, 0.05) is 0 Å². The molecule has 0 N–H and O–H groups in total. The van der Waals surface area contributed by atoms with Crippen molar-refractivity contribution >= 4 is 0 Å². The normalized spacial score (nSPS) is 24.5. The van der Waals surface area contributed by atoms with Crippen molar-refractivity contribution in [1.82, 2.24) is 0 Å². The van der Waals surface area contributed by atoms with E-state index in [1.165, 1.54) is 51.4 Å². The molecule has 0 amide bonds. The van der Waals surface area contributed by atoms with Crippen LogP contribution in [-0.2, 0) is 0 Å². The van der Waals surface area contributed by atoms with Crippen LogP contribution in [0.3, 0.4) is 0 Å². The average Bonchev–Trinajstić information content (AvgIpc) is 2.68. The van der Waals surface area contributed by atoms with Crippen LogP contribution in [0, 0.1) is 17.8 Å². The predicted octanol–water partition coefficient (Wildman–Crippen LogP) is 3.96. The van der Waals surface area contributed by atoms with Crippen LogP contribution in [0.4, 0.5) is 0 Å². The molecule has 2 aliphatic rings. The van der Waals surface area contributed by atoms with Gasteiger partial charge in [0.05, 0.1) is 0 Å². The van der Waals surface area contributed by atoms with Gasteiger partial charge < -0.3 is 0 Å². The highest BCUT2D eigenvalue weighted by atomic mass is 14.4. The fraction of sp³-hybridized carbons (Fsp3) is 0.917. The lowest BCUT2D eigenvalue weighted by molar-refractivity contribution is 0.299. The summed E-state index contributed by atoms with van der Waals surface area (Å²) in [6.45, 7) is 2.32. The Bertz CT molecular complexity index is 131. The Morgan fingerprint density at radius 1 is 1.17 bits per heavy atom. The van der Waals surface area contributed by atoms with Gasteiger partial charge in [-0.25, -0.2) is 0 Å². The van der Waals surface area contributed by atoms with Gasteiger partial charge in [0.2, 0.25) is 0 Å². The molecular formula is C12H21. The van der Waals surface area contributed by atoms with Gasteiger partial charge >= 0.3 is 0 Å². The van der Waals surface area contributed by atoms with Crippen molar-refractivity contribution in [3.63, 3.8) is 0 Å². The van der Waals surface area contributed by atoms with Crippen LogP contribution in [0.25, 0.3) is 0 Å². The first-order chi connectivity index (χ1) is 5.90. The summed E-state index contributed by atoms with van der Waals surface area (Å²) in [5, 5.41) is 0. The summed E-state index contributed by atoms with van der Waals surface area (Å²) in [5.74, 6) is 4.11. The van der Waals surface area contributed by atoms with E-state index in [4.69, 9.17) is 0 Å². The molecule has 0 heteroatoms. The summed E-state index contributed by atoms with van der Waals surface area (Å²) in [5.41, 5.74) is 0. The minimum absolute atomic E-state index is 1.06. The number of hydrogen-bond donors (Lipinski definition) is 0. The second-order valence-corrected chi connectivity index (χ2v) is 4.68. The molecule has 0 heterocycles. The second-order valence-electron chi connectivity index (χ2n) is 4.68. The Hall–Kier alpha value is 0. The molecule has 2 fully saturated rings. The third kappa shape index (κ3) is 2.02. The Morgan fingerprint density at radius 3 is 2.33 bits per heavy atom. The first-order valence-electron chi connectivity index (χ1n) is 5.74. The molecule has 1 radical (unpaired) electrons. The van der Waals surface area contributed by atoms with Gasteiger partial charge in [-0.2, -0.15) is 0 Å². The van der Waals surface area contributed by atoms with Gasteiger partial charge in [0.15, 0.2) is 0 Å². The zero-order chi connectivity index (χ0) is 8.39. The standard InChI is InChI=1S/C12H21/c1-2-4-12(9-10-7-8-10)11-5-3-6-11/h10-11H,2-9H2,1H3. The molecule has 0 atom stereocenters. The van der Waals surface area contributed by atoms with E-state index in [1.807, 2.05) is 5.92 Å². The van der Waals surface area contributed by atoms with E-state index in [2.05, 4.69) is 6.92 Å². The summed E-state index contributed by atoms with van der Waals surface area (Å²) in [7, 11) is 0. The van der Waals surface area contributed by atoms with E-state index in [1.54, 1.807) is 0 Å². The van der Waals surface area contributed by atoms with Crippen molar-refractivity contribution in [2.45, 2.75) is 58.3 Å². The van der Waals surface area contributed by atoms with Crippen LogP contribution in [0.2, 0.25) is 0 Å². The quantitative estimate of drug-likeness (QED) is 0.578. The summed E-state index contributed by atoms with van der Waals surface area (Å²) in [6, 6.07) is 0. The number of rotatable bonds is 5. The first kappa shape index (κ1) is 8.59. The topological polar surface area (TPSA) is 0 Å². The van der Waals surface area contributed by atoms with Gasteiger partial charge in [-0.15, -0.1) is 0 Å². The largest absolute Gasteiger partial charge is 0.0654 e. The lowest BCUT2D eigenvalue weighted by atomic mass is 9.72. The molecule has 2 rings (SSSR count). The Balaban J connectivity index is 1.74. The Labute approximate surface area is 76.7 Å². The molecule has 0 aromatic carbocycles. The number of hydrogen-bond acceptors (Lipinski definition) is 0. The molecule has 0 aromatic rings. The monoisotopic (exact) mass is 165 g/mol. The van der Waals surface area contributed by atoms with Gasteiger partial charge in [-0.1, -0.05) is 32.6 Å². The maximum absolute atomic E-state index is 2.32. The Morgan fingerprint density at radius 2 is 1.92 bits per heavy atom. The Kier molecular flexibility index (Phi) is 2.73. The maximum Gasteiger partial charge on any atom is -0.0207 e. The summed E-state index contributed by atoms with van der Waals surface area (Å²) < 4.78 is 0. The third-order valence-electron chi connectivity index (χ3n) is 3.50. The zero-order valence-corrected chi connectivity index (χ0v) is 8.31. The minimum Gasteiger partial charge on any atom is -0.0654 e. The fourth-order valence-corrected chi connectivity index (χ4v) is 2.30. The second kappa shape index (κ2) is 3.81. The van der Waals surface area contributed by atoms with Crippen molar-refractivity contribution in [3.8, 4) is 0 Å². The molecule has 0 saturated heterocycles. The molecule has 69 valence electrons. The van der Waals surface area contributed by atoms with Crippen LogP contribution in [0.5, 0.6) is 0 Å². The van der Waals surface area contributed by atoms with E-state index >= 15 is 0 Å². The van der Waals surface area contributed by atoms with Gasteiger partial charge in [-0.3, -0.25) is 0 Å². The van der Waals surface area contributed by atoms with Crippen LogP contribution in [0.15, 0.2) is 0 Å². The van der Waals surface area contributed by atoms with Gasteiger partial charge in [0.25, 0.3) is 0 Å². The lowest BCUT2D eigenvalue weighted by Crippen LogP contribution is -2.20. The van der Waals surface area contributed by atoms with Crippen molar-refractivity contribution in [2.24, 2.45) is 11.8 Å². The van der Waals surface area contributed by atoms with E-state index in [9.17, 15) is 0 Å². The third-order valence-corrected chi connectivity index (χ3v) is 3.50. The molecule has 0 bridgehead atoms. The maximum atomic E-state index is 2.32. The van der Waals surface area contributed by atoms with Crippen LogP contribution >= 0.6 is 0 Å². The van der Waals surface area contributed by atoms with E-state index in [0.29, 0.717) is 0 Å². The van der Waals surface area contributed by atoms with Crippen molar-refractivity contribution in [1.29, 1.82) is 0 Å². The molecular weight excluding hydrogens is 144 g/mol. The highest BCUT2D eigenvalue weighted by molar-refractivity contribution is 5.02. The molecule has 12 heavy (non-hydrogen) atoms. The lowest BCUT2D eigenvalue weighted by Gasteiger charge is -2.33. The highest BCUT2D eigenvalue weighted by Crippen LogP contribution is 2.45. The van der Waals surface area contributed by atoms with Crippen LogP contribution < -0.4 is 0 Å². The molecule has 2 saturated carbocycles. The molecule has 0 nitrogen and oxygen atoms in total. The van der Waals surface area contributed by atoms with Crippen molar-refractivity contribution in [3.05, 3.63) is 5.92 Å². The highest BCUT2D eigenvalue weighted by Gasteiger charge is 2.32. The zero-order valence-electron chi connectivity index (χ0n) is 8.31. The van der Waals surface area contributed by atoms with Crippen LogP contribution in [-0.4, -0.2) is 0 Å². The van der Waals surface area contributed by atoms with Gasteiger partial charge in [0.1, 0.15) is 0 Å². The predicted molar refractivity (Wildman–Crippen MR) is 52.8 cm³/mol.